The van der Waals surface area contributed by atoms with Crippen molar-refractivity contribution in [2.24, 2.45) is 0 Å². The molecule has 0 radical (unpaired) electrons. The van der Waals surface area contributed by atoms with E-state index in [1.54, 1.807) is 18.3 Å². The number of carbonyl (C=O) groups is 1. The van der Waals surface area contributed by atoms with Crippen molar-refractivity contribution in [1.82, 2.24) is 20.1 Å². The molecule has 1 N–H and O–H groups in total. The summed E-state index contributed by atoms with van der Waals surface area (Å²) in [5.74, 6) is 0.240. The van der Waals surface area contributed by atoms with Gasteiger partial charge in [-0.15, -0.1) is 0 Å². The molecule has 1 aliphatic rings. The summed E-state index contributed by atoms with van der Waals surface area (Å²) in [6.07, 6.45) is 3.89. The third kappa shape index (κ3) is 3.28. The molecule has 2 aromatic heterocycles. The fraction of sp³-hybridized carbons (Fsp3) is 0.263. The fourth-order valence-corrected chi connectivity index (χ4v) is 2.88. The lowest BCUT2D eigenvalue weighted by Crippen LogP contribution is -2.32. The van der Waals surface area contributed by atoms with Gasteiger partial charge in [-0.05, 0) is 30.4 Å². The highest BCUT2D eigenvalue weighted by Crippen LogP contribution is 2.38. The minimum Gasteiger partial charge on any atom is -0.349 e. The van der Waals surface area contributed by atoms with E-state index in [0.29, 0.717) is 24.7 Å². The van der Waals surface area contributed by atoms with E-state index in [2.05, 4.69) is 15.4 Å². The Labute approximate surface area is 144 Å². The number of hydrogen-bond donors (Lipinski definition) is 1. The van der Waals surface area contributed by atoms with Crippen molar-refractivity contribution >= 4 is 16.7 Å². The number of carbonyl (C=O) groups excluding carboxylic acids is 1. The van der Waals surface area contributed by atoms with E-state index in [9.17, 15) is 9.59 Å². The molecular formula is C19H18N4O2. The number of pyridine rings is 1. The number of fused-ring (bicyclic) bond motifs is 1. The van der Waals surface area contributed by atoms with Crippen LogP contribution in [0.4, 0.5) is 0 Å². The summed E-state index contributed by atoms with van der Waals surface area (Å²) in [5, 5.41) is 9.00. The average Bonchev–Trinajstić information content (AvgIpc) is 3.48. The Kier molecular flexibility index (Phi) is 4.01. The summed E-state index contributed by atoms with van der Waals surface area (Å²) in [6, 6.07) is 12.9. The quantitative estimate of drug-likeness (QED) is 0.775. The van der Waals surface area contributed by atoms with Crippen molar-refractivity contribution in [3.8, 4) is 0 Å². The van der Waals surface area contributed by atoms with E-state index >= 15 is 0 Å². The van der Waals surface area contributed by atoms with Crippen LogP contribution < -0.4 is 10.9 Å². The Balaban J connectivity index is 1.45. The Hall–Kier alpha value is -3.02. The van der Waals surface area contributed by atoms with Crippen molar-refractivity contribution in [3.05, 3.63) is 70.4 Å². The Bertz CT molecular complexity index is 987. The lowest BCUT2D eigenvalue weighted by molar-refractivity contribution is 0.0948. The van der Waals surface area contributed by atoms with Crippen LogP contribution in [0.2, 0.25) is 0 Å². The second-order valence-corrected chi connectivity index (χ2v) is 6.23. The van der Waals surface area contributed by atoms with Crippen LogP contribution in [0.15, 0.2) is 53.5 Å². The van der Waals surface area contributed by atoms with Crippen molar-refractivity contribution in [1.29, 1.82) is 0 Å². The van der Waals surface area contributed by atoms with Crippen LogP contribution >= 0.6 is 0 Å². The van der Waals surface area contributed by atoms with Crippen molar-refractivity contribution in [2.75, 3.05) is 6.54 Å². The maximum atomic E-state index is 12.4. The molecule has 4 rings (SSSR count). The van der Waals surface area contributed by atoms with Crippen molar-refractivity contribution in [2.45, 2.75) is 25.3 Å². The molecule has 0 saturated heterocycles. The number of nitrogens with zero attached hydrogens (tertiary/aromatic N) is 3. The molecule has 0 bridgehead atoms. The highest BCUT2D eigenvalue weighted by molar-refractivity contribution is 6.05. The van der Waals surface area contributed by atoms with Crippen molar-refractivity contribution < 1.29 is 4.79 Å². The van der Waals surface area contributed by atoms with Gasteiger partial charge in [0.05, 0.1) is 12.2 Å². The lowest BCUT2D eigenvalue weighted by atomic mass is 10.1. The lowest BCUT2D eigenvalue weighted by Gasteiger charge is -2.09. The summed E-state index contributed by atoms with van der Waals surface area (Å²) in [7, 11) is 0. The zero-order valence-corrected chi connectivity index (χ0v) is 13.7. The van der Waals surface area contributed by atoms with E-state index in [1.165, 1.54) is 4.68 Å². The van der Waals surface area contributed by atoms with Crippen molar-refractivity contribution in [3.63, 3.8) is 0 Å². The van der Waals surface area contributed by atoms with E-state index in [-0.39, 0.29) is 11.5 Å². The van der Waals surface area contributed by atoms with E-state index in [4.69, 9.17) is 0 Å². The molecule has 1 fully saturated rings. The SMILES string of the molecule is O=C(NCCn1nc(C2CC2)ccc1=O)c1nccc2ccccc12. The predicted molar refractivity (Wildman–Crippen MR) is 94.5 cm³/mol. The minimum atomic E-state index is -0.247. The molecule has 0 atom stereocenters. The average molecular weight is 334 g/mol. The summed E-state index contributed by atoms with van der Waals surface area (Å²) < 4.78 is 1.42. The maximum Gasteiger partial charge on any atom is 0.270 e. The highest BCUT2D eigenvalue weighted by atomic mass is 16.2. The van der Waals surface area contributed by atoms with Gasteiger partial charge in [0.1, 0.15) is 5.69 Å². The first kappa shape index (κ1) is 15.5. The highest BCUT2D eigenvalue weighted by Gasteiger charge is 2.25. The number of hydrogen-bond acceptors (Lipinski definition) is 4. The number of rotatable bonds is 5. The molecular weight excluding hydrogens is 316 g/mol. The molecule has 1 amide bonds. The summed E-state index contributed by atoms with van der Waals surface area (Å²) in [5.41, 5.74) is 1.20. The summed E-state index contributed by atoms with van der Waals surface area (Å²) in [6.45, 7) is 0.667. The Morgan fingerprint density at radius 2 is 2.00 bits per heavy atom. The first-order valence-electron chi connectivity index (χ1n) is 8.42. The molecule has 1 aromatic carbocycles. The van der Waals surface area contributed by atoms with Gasteiger partial charge in [-0.25, -0.2) is 4.68 Å². The molecule has 126 valence electrons. The molecule has 0 spiro atoms. The molecule has 1 saturated carbocycles. The standard InChI is InChI=1S/C19H18N4O2/c24-17-8-7-16(14-5-6-14)22-23(17)12-11-21-19(25)18-15-4-2-1-3-13(15)9-10-20-18/h1-4,7-10,14H,5-6,11-12H2,(H,21,25). The van der Waals surface area contributed by atoms with Gasteiger partial charge in [0, 0.05) is 30.1 Å². The van der Waals surface area contributed by atoms with Crippen LogP contribution in [0.25, 0.3) is 10.8 Å². The summed E-state index contributed by atoms with van der Waals surface area (Å²) >= 11 is 0. The van der Waals surface area contributed by atoms with Crippen LogP contribution in [-0.4, -0.2) is 27.2 Å². The minimum absolute atomic E-state index is 0.151. The van der Waals surface area contributed by atoms with Gasteiger partial charge in [0.15, 0.2) is 0 Å². The molecule has 2 heterocycles. The third-order valence-electron chi connectivity index (χ3n) is 4.38. The third-order valence-corrected chi connectivity index (χ3v) is 4.38. The Morgan fingerprint density at radius 3 is 2.84 bits per heavy atom. The molecule has 6 nitrogen and oxygen atoms in total. The smallest absolute Gasteiger partial charge is 0.270 e. The van der Waals surface area contributed by atoms with Gasteiger partial charge in [-0.3, -0.25) is 14.6 Å². The monoisotopic (exact) mass is 334 g/mol. The topological polar surface area (TPSA) is 76.9 Å². The van der Waals surface area contributed by atoms with E-state index < -0.39 is 0 Å². The zero-order valence-electron chi connectivity index (χ0n) is 13.7. The van der Waals surface area contributed by atoms with Crippen LogP contribution in [-0.2, 0) is 6.54 Å². The number of amides is 1. The van der Waals surface area contributed by atoms with E-state index in [1.807, 2.05) is 30.3 Å². The predicted octanol–water partition coefficient (Wildman–Crippen LogP) is 2.10. The van der Waals surface area contributed by atoms with Gasteiger partial charge in [-0.2, -0.15) is 5.10 Å². The number of nitrogens with one attached hydrogen (secondary N) is 1. The summed E-state index contributed by atoms with van der Waals surface area (Å²) in [4.78, 5) is 28.5. The molecule has 3 aromatic rings. The van der Waals surface area contributed by atoms with Gasteiger partial charge in [-0.1, -0.05) is 24.3 Å². The van der Waals surface area contributed by atoms with Crippen LogP contribution in [0, 0.1) is 0 Å². The first-order chi connectivity index (χ1) is 12.2. The second kappa shape index (κ2) is 6.47. The molecule has 0 aliphatic heterocycles. The molecule has 0 unspecified atom stereocenters. The molecule has 25 heavy (non-hydrogen) atoms. The largest absolute Gasteiger partial charge is 0.349 e. The first-order valence-corrected chi connectivity index (χ1v) is 8.42. The zero-order chi connectivity index (χ0) is 17.2. The fourth-order valence-electron chi connectivity index (χ4n) is 2.88. The Morgan fingerprint density at radius 1 is 1.16 bits per heavy atom. The number of benzene rings is 1. The second-order valence-electron chi connectivity index (χ2n) is 6.23. The normalized spacial score (nSPS) is 13.8. The number of aromatic nitrogens is 3. The van der Waals surface area contributed by atoms with Crippen LogP contribution in [0.1, 0.15) is 34.9 Å². The molecule has 6 heteroatoms. The van der Waals surface area contributed by atoms with Gasteiger partial charge < -0.3 is 5.32 Å². The molecule has 1 aliphatic carbocycles. The van der Waals surface area contributed by atoms with E-state index in [0.717, 1.165) is 29.3 Å². The maximum absolute atomic E-state index is 12.4. The van der Waals surface area contributed by atoms with Crippen LogP contribution in [0.5, 0.6) is 0 Å². The van der Waals surface area contributed by atoms with Crippen LogP contribution in [0.3, 0.4) is 0 Å². The van der Waals surface area contributed by atoms with Gasteiger partial charge in [0.25, 0.3) is 11.5 Å². The van der Waals surface area contributed by atoms with Gasteiger partial charge >= 0.3 is 0 Å². The van der Waals surface area contributed by atoms with Gasteiger partial charge in [0.2, 0.25) is 0 Å².